The van der Waals surface area contributed by atoms with E-state index < -0.39 is 0 Å². The van der Waals surface area contributed by atoms with Crippen molar-refractivity contribution >= 4 is 11.6 Å². The van der Waals surface area contributed by atoms with Gasteiger partial charge in [0.25, 0.3) is 0 Å². The number of hydrogen-bond acceptors (Lipinski definition) is 1. The second kappa shape index (κ2) is 2.62. The van der Waals surface area contributed by atoms with Crippen LogP contribution in [0.2, 0.25) is 0 Å². The minimum Gasteiger partial charge on any atom is -0.318 e. The smallest absolute Gasteiger partial charge is 0.116 e. The third kappa shape index (κ3) is 1.32. The Morgan fingerprint density at radius 1 is 1.70 bits per heavy atom. The average Bonchev–Trinajstić information content (AvgIpc) is 2.38. The zero-order valence-corrected chi connectivity index (χ0v) is 6.97. The lowest BCUT2D eigenvalue weighted by Crippen LogP contribution is -2.20. The Kier molecular flexibility index (Phi) is 2.00. The van der Waals surface area contributed by atoms with Crippen LogP contribution >= 0.6 is 11.6 Å². The summed E-state index contributed by atoms with van der Waals surface area (Å²) in [4.78, 5) is 3.61. The molecule has 10 heavy (non-hydrogen) atoms. The first-order chi connectivity index (χ1) is 4.67. The summed E-state index contributed by atoms with van der Waals surface area (Å²) in [6.45, 7) is 4.02. The molecule has 0 amide bonds. The average molecular weight is 159 g/mol. The lowest BCUT2D eigenvalue weighted by molar-refractivity contribution is 0.458. The maximum Gasteiger partial charge on any atom is 0.116 e. The zero-order valence-electron chi connectivity index (χ0n) is 6.21. The predicted octanol–water partition coefficient (Wildman–Crippen LogP) is 2.20. The third-order valence-corrected chi connectivity index (χ3v) is 2.15. The van der Waals surface area contributed by atoms with Gasteiger partial charge in [0, 0.05) is 12.4 Å². The second-order valence-electron chi connectivity index (χ2n) is 2.47. The molecule has 0 spiro atoms. The van der Waals surface area contributed by atoms with E-state index in [1.54, 1.807) is 12.5 Å². The minimum atomic E-state index is -0.309. The number of hydrogen-bond donors (Lipinski definition) is 0. The van der Waals surface area contributed by atoms with E-state index in [0.717, 1.165) is 6.42 Å². The van der Waals surface area contributed by atoms with Gasteiger partial charge in [-0.25, -0.2) is 4.98 Å². The van der Waals surface area contributed by atoms with E-state index in [1.165, 1.54) is 0 Å². The van der Waals surface area contributed by atoms with Gasteiger partial charge in [-0.15, -0.1) is 0 Å². The quantitative estimate of drug-likeness (QED) is 0.604. The fraction of sp³-hybridized carbons (Fsp3) is 0.571. The van der Waals surface area contributed by atoms with Crippen molar-refractivity contribution in [1.82, 2.24) is 9.55 Å². The summed E-state index contributed by atoms with van der Waals surface area (Å²) in [5, 5.41) is 0. The van der Waals surface area contributed by atoms with Crippen LogP contribution in [0.4, 0.5) is 0 Å². The van der Waals surface area contributed by atoms with Crippen LogP contribution in [0.1, 0.15) is 20.3 Å². The van der Waals surface area contributed by atoms with Crippen molar-refractivity contribution in [3.63, 3.8) is 0 Å². The molecule has 1 unspecified atom stereocenters. The Hall–Kier alpha value is -0.500. The Labute approximate surface area is 65.8 Å². The Bertz CT molecular complexity index is 191. The molecule has 0 saturated carbocycles. The van der Waals surface area contributed by atoms with Crippen LogP contribution in [0.25, 0.3) is 0 Å². The van der Waals surface area contributed by atoms with Crippen LogP contribution in [0.5, 0.6) is 0 Å². The summed E-state index contributed by atoms with van der Waals surface area (Å²) in [5.41, 5.74) is 0. The summed E-state index contributed by atoms with van der Waals surface area (Å²) in [5.74, 6) is 0. The van der Waals surface area contributed by atoms with Gasteiger partial charge >= 0.3 is 0 Å². The van der Waals surface area contributed by atoms with Crippen molar-refractivity contribution in [2.45, 2.75) is 25.3 Å². The van der Waals surface area contributed by atoms with Crippen molar-refractivity contribution in [2.75, 3.05) is 0 Å². The highest BCUT2D eigenvalue weighted by atomic mass is 35.5. The van der Waals surface area contributed by atoms with Gasteiger partial charge in [0.05, 0.1) is 6.33 Å². The largest absolute Gasteiger partial charge is 0.318 e. The van der Waals surface area contributed by atoms with Gasteiger partial charge < -0.3 is 4.57 Å². The first-order valence-electron chi connectivity index (χ1n) is 3.34. The Morgan fingerprint density at radius 3 is 2.80 bits per heavy atom. The molecule has 0 aromatic carbocycles. The van der Waals surface area contributed by atoms with E-state index in [4.69, 9.17) is 11.6 Å². The van der Waals surface area contributed by atoms with E-state index >= 15 is 0 Å². The summed E-state index contributed by atoms with van der Waals surface area (Å²) in [7, 11) is 0. The molecule has 2 nitrogen and oxygen atoms in total. The van der Waals surface area contributed by atoms with Crippen LogP contribution in [0.3, 0.4) is 0 Å². The van der Waals surface area contributed by atoms with Gasteiger partial charge in [-0.05, 0) is 13.3 Å². The van der Waals surface area contributed by atoms with Gasteiger partial charge in [0.1, 0.15) is 5.00 Å². The molecule has 0 bridgehead atoms. The Morgan fingerprint density at radius 2 is 2.40 bits per heavy atom. The van der Waals surface area contributed by atoms with Gasteiger partial charge in [-0.1, -0.05) is 18.5 Å². The van der Waals surface area contributed by atoms with E-state index in [0.29, 0.717) is 0 Å². The van der Waals surface area contributed by atoms with E-state index in [9.17, 15) is 0 Å². The SMILES string of the molecule is CCC(C)(Cl)n1ccnc1. The number of aromatic nitrogens is 2. The van der Waals surface area contributed by atoms with E-state index in [2.05, 4.69) is 4.98 Å². The zero-order chi connectivity index (χ0) is 7.61. The standard InChI is InChI=1S/C7H11ClN2/c1-3-7(2,8)10-5-4-9-6-10/h4-6H,3H2,1-2H3. The molecular weight excluding hydrogens is 148 g/mol. The molecule has 56 valence electrons. The number of nitrogens with zero attached hydrogens (tertiary/aromatic N) is 2. The summed E-state index contributed by atoms with van der Waals surface area (Å²) < 4.78 is 1.90. The van der Waals surface area contributed by atoms with Crippen LogP contribution in [-0.4, -0.2) is 9.55 Å². The lowest BCUT2D eigenvalue weighted by Gasteiger charge is -2.21. The highest BCUT2D eigenvalue weighted by Crippen LogP contribution is 2.24. The maximum atomic E-state index is 6.11. The van der Waals surface area contributed by atoms with Crippen LogP contribution in [0.15, 0.2) is 18.7 Å². The predicted molar refractivity (Wildman–Crippen MR) is 42.0 cm³/mol. The van der Waals surface area contributed by atoms with Gasteiger partial charge in [0.15, 0.2) is 0 Å². The first-order valence-corrected chi connectivity index (χ1v) is 3.72. The summed E-state index contributed by atoms with van der Waals surface area (Å²) in [6, 6.07) is 0. The monoisotopic (exact) mass is 158 g/mol. The minimum absolute atomic E-state index is 0.309. The van der Waals surface area contributed by atoms with E-state index in [-0.39, 0.29) is 5.00 Å². The molecule has 1 aromatic rings. The maximum absolute atomic E-state index is 6.11. The van der Waals surface area contributed by atoms with Gasteiger partial charge in [-0.3, -0.25) is 0 Å². The first kappa shape index (κ1) is 7.61. The molecule has 0 aliphatic heterocycles. The van der Waals surface area contributed by atoms with Crippen LogP contribution in [-0.2, 0) is 5.00 Å². The Balaban J connectivity index is 2.85. The van der Waals surface area contributed by atoms with Crippen molar-refractivity contribution in [2.24, 2.45) is 0 Å². The molecule has 0 saturated heterocycles. The van der Waals surface area contributed by atoms with Crippen molar-refractivity contribution in [3.8, 4) is 0 Å². The van der Waals surface area contributed by atoms with Crippen molar-refractivity contribution < 1.29 is 0 Å². The van der Waals surface area contributed by atoms with Crippen LogP contribution < -0.4 is 0 Å². The van der Waals surface area contributed by atoms with Crippen LogP contribution in [0, 0.1) is 0 Å². The number of halogens is 1. The molecule has 0 fully saturated rings. The topological polar surface area (TPSA) is 17.8 Å². The molecule has 0 radical (unpaired) electrons. The molecule has 1 rings (SSSR count). The lowest BCUT2D eigenvalue weighted by atomic mass is 10.2. The molecule has 3 heteroatoms. The fourth-order valence-corrected chi connectivity index (χ4v) is 0.817. The number of rotatable bonds is 2. The molecule has 0 N–H and O–H groups in total. The van der Waals surface area contributed by atoms with E-state index in [1.807, 2.05) is 24.6 Å². The molecular formula is C7H11ClN2. The second-order valence-corrected chi connectivity index (χ2v) is 3.28. The molecule has 1 heterocycles. The summed E-state index contributed by atoms with van der Waals surface area (Å²) in [6.07, 6.45) is 6.23. The molecule has 1 aromatic heterocycles. The number of alkyl halides is 1. The van der Waals surface area contributed by atoms with Crippen molar-refractivity contribution in [3.05, 3.63) is 18.7 Å². The normalized spacial score (nSPS) is 16.7. The highest BCUT2D eigenvalue weighted by molar-refractivity contribution is 6.21. The summed E-state index contributed by atoms with van der Waals surface area (Å²) >= 11 is 6.11. The third-order valence-electron chi connectivity index (χ3n) is 1.69. The molecule has 0 aliphatic rings. The number of imidazole rings is 1. The fourth-order valence-electron chi connectivity index (χ4n) is 0.717. The van der Waals surface area contributed by atoms with Gasteiger partial charge in [0.2, 0.25) is 0 Å². The molecule has 1 atom stereocenters. The molecule has 0 aliphatic carbocycles. The van der Waals surface area contributed by atoms with Crippen molar-refractivity contribution in [1.29, 1.82) is 0 Å². The van der Waals surface area contributed by atoms with Gasteiger partial charge in [-0.2, -0.15) is 0 Å². The highest BCUT2D eigenvalue weighted by Gasteiger charge is 2.18.